The molecule has 0 saturated carbocycles. The number of anilines is 1. The Labute approximate surface area is 186 Å². The van der Waals surface area contributed by atoms with E-state index < -0.39 is 0 Å². The summed E-state index contributed by atoms with van der Waals surface area (Å²) >= 11 is 11.9. The lowest BCUT2D eigenvalue weighted by molar-refractivity contribution is 0.663. The average molecular weight is 463 g/mol. The molecule has 0 aliphatic rings. The van der Waals surface area contributed by atoms with Gasteiger partial charge in [0.2, 0.25) is 0 Å². The third kappa shape index (κ3) is 6.57. The van der Waals surface area contributed by atoms with Crippen LogP contribution in [0.4, 0.5) is 5.82 Å². The topological polar surface area (TPSA) is 56.9 Å². The second-order valence-corrected chi connectivity index (χ2v) is 7.12. The largest absolute Gasteiger partial charge is 0.371 e. The summed E-state index contributed by atoms with van der Waals surface area (Å²) in [6, 6.07) is 13.1. The number of aryl methyl sites for hydroxylation is 1. The predicted molar refractivity (Wildman–Crippen MR) is 125 cm³/mol. The molecule has 0 saturated heterocycles. The van der Waals surface area contributed by atoms with E-state index in [2.05, 4.69) is 15.6 Å². The van der Waals surface area contributed by atoms with Crippen LogP contribution in [0.2, 0.25) is 10.0 Å². The number of hydrogen-bond acceptors (Lipinski definition) is 3. The SMILES string of the molecule is Cc1ccc2[nH]c(NCCCNCc3ccc(Cl)c(Cl)c3)cc(=O)c2c1.Cl.Cl. The van der Waals surface area contributed by atoms with Gasteiger partial charge in [-0.1, -0.05) is 40.9 Å². The maximum atomic E-state index is 12.2. The molecule has 1 aromatic heterocycles. The van der Waals surface area contributed by atoms with E-state index in [-0.39, 0.29) is 30.2 Å². The molecular formula is C20H23Cl4N3O. The molecule has 0 fully saturated rings. The zero-order valence-electron chi connectivity index (χ0n) is 15.4. The zero-order chi connectivity index (χ0) is 18.5. The van der Waals surface area contributed by atoms with Crippen LogP contribution in [0.1, 0.15) is 17.5 Å². The highest BCUT2D eigenvalue weighted by Crippen LogP contribution is 2.22. The molecular weight excluding hydrogens is 440 g/mol. The monoisotopic (exact) mass is 461 g/mol. The molecule has 3 N–H and O–H groups in total. The zero-order valence-corrected chi connectivity index (χ0v) is 18.5. The van der Waals surface area contributed by atoms with E-state index in [9.17, 15) is 4.79 Å². The van der Waals surface area contributed by atoms with Gasteiger partial charge in [0.25, 0.3) is 0 Å². The van der Waals surface area contributed by atoms with E-state index in [0.717, 1.165) is 53.9 Å². The van der Waals surface area contributed by atoms with Crippen molar-refractivity contribution in [1.82, 2.24) is 10.3 Å². The van der Waals surface area contributed by atoms with Gasteiger partial charge in [0.1, 0.15) is 5.82 Å². The Hall–Kier alpha value is -1.43. The Morgan fingerprint density at radius 2 is 1.75 bits per heavy atom. The van der Waals surface area contributed by atoms with Crippen LogP contribution < -0.4 is 16.1 Å². The number of halogens is 4. The maximum absolute atomic E-state index is 12.2. The molecule has 4 nitrogen and oxygen atoms in total. The third-order valence-electron chi connectivity index (χ3n) is 4.14. The second-order valence-electron chi connectivity index (χ2n) is 6.30. The number of fused-ring (bicyclic) bond motifs is 1. The van der Waals surface area contributed by atoms with Crippen LogP contribution in [0, 0.1) is 6.92 Å². The fraction of sp³-hybridized carbons (Fsp3) is 0.250. The van der Waals surface area contributed by atoms with E-state index in [0.29, 0.717) is 10.0 Å². The average Bonchev–Trinajstić information content (AvgIpc) is 2.61. The minimum absolute atomic E-state index is 0. The summed E-state index contributed by atoms with van der Waals surface area (Å²) in [6.45, 7) is 4.34. The number of aromatic amines is 1. The van der Waals surface area contributed by atoms with Crippen LogP contribution in [-0.4, -0.2) is 18.1 Å². The number of H-pyrrole nitrogens is 1. The lowest BCUT2D eigenvalue weighted by Crippen LogP contribution is -2.18. The Kier molecular flexibility index (Phi) is 10.1. The van der Waals surface area contributed by atoms with Gasteiger partial charge in [-0.3, -0.25) is 4.79 Å². The van der Waals surface area contributed by atoms with Gasteiger partial charge in [0.05, 0.1) is 15.6 Å². The summed E-state index contributed by atoms with van der Waals surface area (Å²) in [7, 11) is 0. The molecule has 0 spiro atoms. The highest BCUT2D eigenvalue weighted by atomic mass is 35.5. The minimum Gasteiger partial charge on any atom is -0.371 e. The van der Waals surface area contributed by atoms with Gasteiger partial charge >= 0.3 is 0 Å². The fourth-order valence-electron chi connectivity index (χ4n) is 2.77. The van der Waals surface area contributed by atoms with E-state index >= 15 is 0 Å². The first-order valence-electron chi connectivity index (χ1n) is 8.55. The number of rotatable bonds is 7. The van der Waals surface area contributed by atoms with Gasteiger partial charge in [-0.05, 0) is 49.7 Å². The fourth-order valence-corrected chi connectivity index (χ4v) is 3.10. The molecule has 2 aromatic carbocycles. The maximum Gasteiger partial charge on any atom is 0.191 e. The van der Waals surface area contributed by atoms with Crippen LogP contribution in [0.15, 0.2) is 47.3 Å². The summed E-state index contributed by atoms with van der Waals surface area (Å²) < 4.78 is 0. The summed E-state index contributed by atoms with van der Waals surface area (Å²) in [5, 5.41) is 8.50. The summed E-state index contributed by atoms with van der Waals surface area (Å²) in [6.07, 6.45) is 0.926. The molecule has 0 bridgehead atoms. The highest BCUT2D eigenvalue weighted by molar-refractivity contribution is 6.42. The predicted octanol–water partition coefficient (Wildman–Crippen LogP) is 5.58. The van der Waals surface area contributed by atoms with E-state index in [4.69, 9.17) is 23.2 Å². The Morgan fingerprint density at radius 1 is 0.964 bits per heavy atom. The Bertz CT molecular complexity index is 975. The van der Waals surface area contributed by atoms with Crippen LogP contribution >= 0.6 is 48.0 Å². The Balaban J connectivity index is 0.00000196. The standard InChI is InChI=1S/C20H21Cl2N3O.2ClH/c1-13-3-6-18-15(9-13)19(26)11-20(25-18)24-8-2-7-23-12-14-4-5-16(21)17(22)10-14;;/h3-6,9-11,23H,2,7-8,12H2,1H3,(H2,24,25,26);2*1H. The second kappa shape index (κ2) is 11.5. The van der Waals surface area contributed by atoms with E-state index in [1.807, 2.05) is 37.3 Å². The number of hydrogen-bond donors (Lipinski definition) is 3. The molecule has 3 rings (SSSR count). The van der Waals surface area contributed by atoms with Crippen LogP contribution in [0.3, 0.4) is 0 Å². The first kappa shape index (κ1) is 24.6. The van der Waals surface area contributed by atoms with Gasteiger partial charge in [0, 0.05) is 24.5 Å². The van der Waals surface area contributed by atoms with Gasteiger partial charge in [-0.25, -0.2) is 0 Å². The molecule has 0 atom stereocenters. The number of pyridine rings is 1. The summed E-state index contributed by atoms with van der Waals surface area (Å²) in [4.78, 5) is 15.5. The molecule has 0 unspecified atom stereocenters. The lowest BCUT2D eigenvalue weighted by atomic mass is 10.1. The number of aromatic nitrogens is 1. The van der Waals surface area contributed by atoms with Crippen molar-refractivity contribution < 1.29 is 0 Å². The van der Waals surface area contributed by atoms with Crippen molar-refractivity contribution >= 4 is 64.7 Å². The van der Waals surface area contributed by atoms with Crippen LogP contribution in [0.5, 0.6) is 0 Å². The van der Waals surface area contributed by atoms with Crippen molar-refractivity contribution in [2.75, 3.05) is 18.4 Å². The normalized spacial score (nSPS) is 10.2. The van der Waals surface area contributed by atoms with E-state index in [1.165, 1.54) is 0 Å². The van der Waals surface area contributed by atoms with Crippen molar-refractivity contribution in [1.29, 1.82) is 0 Å². The van der Waals surface area contributed by atoms with Gasteiger partial charge in [-0.2, -0.15) is 0 Å². The smallest absolute Gasteiger partial charge is 0.191 e. The molecule has 8 heteroatoms. The van der Waals surface area contributed by atoms with Gasteiger partial charge < -0.3 is 15.6 Å². The van der Waals surface area contributed by atoms with Gasteiger partial charge in [-0.15, -0.1) is 24.8 Å². The van der Waals surface area contributed by atoms with Crippen molar-refractivity contribution in [2.24, 2.45) is 0 Å². The lowest BCUT2D eigenvalue weighted by Gasteiger charge is -2.09. The molecule has 0 aliphatic carbocycles. The van der Waals surface area contributed by atoms with Crippen LogP contribution in [0.25, 0.3) is 10.9 Å². The first-order chi connectivity index (χ1) is 12.5. The van der Waals surface area contributed by atoms with Crippen molar-refractivity contribution in [2.45, 2.75) is 19.9 Å². The minimum atomic E-state index is 0. The summed E-state index contributed by atoms with van der Waals surface area (Å²) in [5.74, 6) is 0.746. The van der Waals surface area contributed by atoms with Crippen molar-refractivity contribution in [3.63, 3.8) is 0 Å². The molecule has 1 heterocycles. The number of nitrogens with one attached hydrogen (secondary N) is 3. The van der Waals surface area contributed by atoms with E-state index in [1.54, 1.807) is 12.1 Å². The molecule has 0 radical (unpaired) electrons. The van der Waals surface area contributed by atoms with Crippen LogP contribution in [-0.2, 0) is 6.54 Å². The summed E-state index contributed by atoms with van der Waals surface area (Å²) in [5.41, 5.74) is 3.06. The quantitative estimate of drug-likeness (QED) is 0.401. The first-order valence-corrected chi connectivity index (χ1v) is 9.31. The molecule has 28 heavy (non-hydrogen) atoms. The van der Waals surface area contributed by atoms with Crippen molar-refractivity contribution in [3.05, 3.63) is 73.9 Å². The third-order valence-corrected chi connectivity index (χ3v) is 4.88. The number of benzene rings is 2. The molecule has 152 valence electrons. The van der Waals surface area contributed by atoms with Crippen molar-refractivity contribution in [3.8, 4) is 0 Å². The Morgan fingerprint density at radius 3 is 2.50 bits per heavy atom. The molecule has 3 aromatic rings. The highest BCUT2D eigenvalue weighted by Gasteiger charge is 2.02. The molecule has 0 amide bonds. The molecule has 0 aliphatic heterocycles. The van der Waals surface area contributed by atoms with Gasteiger partial charge in [0.15, 0.2) is 5.43 Å².